The first-order valence-electron chi connectivity index (χ1n) is 9.28. The van der Waals surface area contributed by atoms with Gasteiger partial charge in [0.2, 0.25) is 0 Å². The van der Waals surface area contributed by atoms with Crippen molar-refractivity contribution in [2.45, 2.75) is 38.3 Å². The van der Waals surface area contributed by atoms with Crippen LogP contribution in [0.5, 0.6) is 0 Å². The lowest BCUT2D eigenvalue weighted by Gasteiger charge is -2.34. The van der Waals surface area contributed by atoms with Gasteiger partial charge in [-0.2, -0.15) is 0 Å². The monoisotopic (exact) mass is 342 g/mol. The minimum atomic E-state index is 0.215. The molecule has 7 nitrogen and oxygen atoms in total. The zero-order chi connectivity index (χ0) is 17.0. The van der Waals surface area contributed by atoms with Crippen molar-refractivity contribution in [3.8, 4) is 0 Å². The molecule has 24 heavy (non-hydrogen) atoms. The number of rotatable bonds is 10. The Balaban J connectivity index is 1.62. The van der Waals surface area contributed by atoms with E-state index < -0.39 is 0 Å². The molecule has 0 aromatic carbocycles. The van der Waals surface area contributed by atoms with Crippen LogP contribution in [0, 0.1) is 0 Å². The Morgan fingerprint density at radius 3 is 3.04 bits per heavy atom. The molecule has 0 aromatic rings. The highest BCUT2D eigenvalue weighted by atomic mass is 16.5. The molecule has 2 rings (SSSR count). The van der Waals surface area contributed by atoms with E-state index in [1.165, 1.54) is 19.4 Å². The summed E-state index contributed by atoms with van der Waals surface area (Å²) >= 11 is 0. The summed E-state index contributed by atoms with van der Waals surface area (Å²) in [6, 6.07) is 0.648. The van der Waals surface area contributed by atoms with Crippen molar-refractivity contribution in [2.24, 2.45) is 4.99 Å². The fraction of sp³-hybridized carbons (Fsp3) is 0.941. The van der Waals surface area contributed by atoms with E-state index in [-0.39, 0.29) is 6.10 Å². The molecule has 2 atom stereocenters. The van der Waals surface area contributed by atoms with Crippen molar-refractivity contribution < 1.29 is 14.2 Å². The predicted octanol–water partition coefficient (Wildman–Crippen LogP) is 0.458. The summed E-state index contributed by atoms with van der Waals surface area (Å²) in [7, 11) is 1.68. The van der Waals surface area contributed by atoms with Crippen molar-refractivity contribution in [3.05, 3.63) is 0 Å². The van der Waals surface area contributed by atoms with Crippen LogP contribution in [0.1, 0.15) is 26.2 Å². The van der Waals surface area contributed by atoms with E-state index in [9.17, 15) is 0 Å². The van der Waals surface area contributed by atoms with Gasteiger partial charge < -0.3 is 24.8 Å². The number of hydrogen-bond acceptors (Lipinski definition) is 5. The molecule has 2 saturated heterocycles. The van der Waals surface area contributed by atoms with Crippen LogP contribution >= 0.6 is 0 Å². The zero-order valence-electron chi connectivity index (χ0n) is 15.3. The average molecular weight is 342 g/mol. The van der Waals surface area contributed by atoms with Gasteiger partial charge in [0, 0.05) is 39.4 Å². The summed E-state index contributed by atoms with van der Waals surface area (Å²) in [6.07, 6.45) is 3.75. The molecular formula is C17H34N4O3. The second-order valence-electron chi connectivity index (χ2n) is 6.35. The van der Waals surface area contributed by atoms with Gasteiger partial charge in [0.25, 0.3) is 0 Å². The molecule has 0 aliphatic carbocycles. The SMILES string of the molecule is CCNC(=NCC1CN2CCCC2CO1)NCCCOCCOC. The fourth-order valence-corrected chi connectivity index (χ4v) is 3.16. The van der Waals surface area contributed by atoms with Gasteiger partial charge in [-0.1, -0.05) is 0 Å². The maximum atomic E-state index is 5.96. The van der Waals surface area contributed by atoms with E-state index in [4.69, 9.17) is 14.2 Å². The minimum Gasteiger partial charge on any atom is -0.382 e. The Morgan fingerprint density at radius 1 is 1.29 bits per heavy atom. The van der Waals surface area contributed by atoms with Crippen LogP contribution in [0.4, 0.5) is 0 Å². The molecule has 0 radical (unpaired) electrons. The number of aliphatic imine (C=N–C) groups is 1. The average Bonchev–Trinajstić information content (AvgIpc) is 3.06. The molecule has 2 heterocycles. The Kier molecular flexibility index (Phi) is 9.42. The Morgan fingerprint density at radius 2 is 2.21 bits per heavy atom. The van der Waals surface area contributed by atoms with Crippen molar-refractivity contribution in [2.75, 3.05) is 66.3 Å². The maximum absolute atomic E-state index is 5.96. The van der Waals surface area contributed by atoms with E-state index in [1.807, 2.05) is 0 Å². The van der Waals surface area contributed by atoms with Gasteiger partial charge in [-0.15, -0.1) is 0 Å². The molecular weight excluding hydrogens is 308 g/mol. The highest BCUT2D eigenvalue weighted by Gasteiger charge is 2.31. The van der Waals surface area contributed by atoms with Gasteiger partial charge in [-0.3, -0.25) is 9.89 Å². The van der Waals surface area contributed by atoms with Crippen LogP contribution in [-0.4, -0.2) is 89.3 Å². The van der Waals surface area contributed by atoms with Crippen LogP contribution < -0.4 is 10.6 Å². The number of nitrogens with one attached hydrogen (secondary N) is 2. The highest BCUT2D eigenvalue weighted by molar-refractivity contribution is 5.79. The maximum Gasteiger partial charge on any atom is 0.191 e. The van der Waals surface area contributed by atoms with Gasteiger partial charge in [-0.25, -0.2) is 0 Å². The van der Waals surface area contributed by atoms with Crippen LogP contribution in [0.25, 0.3) is 0 Å². The number of ether oxygens (including phenoxy) is 3. The van der Waals surface area contributed by atoms with E-state index in [0.717, 1.165) is 45.2 Å². The summed E-state index contributed by atoms with van der Waals surface area (Å²) in [4.78, 5) is 7.24. The smallest absolute Gasteiger partial charge is 0.191 e. The third-order valence-corrected chi connectivity index (χ3v) is 4.45. The van der Waals surface area contributed by atoms with Crippen molar-refractivity contribution in [1.29, 1.82) is 0 Å². The topological polar surface area (TPSA) is 67.4 Å². The molecule has 0 bridgehead atoms. The number of guanidine groups is 1. The highest BCUT2D eigenvalue weighted by Crippen LogP contribution is 2.22. The van der Waals surface area contributed by atoms with Gasteiger partial charge in [0.05, 0.1) is 32.5 Å². The quantitative estimate of drug-likeness (QED) is 0.342. The molecule has 2 unspecified atom stereocenters. The molecule has 2 aliphatic rings. The largest absolute Gasteiger partial charge is 0.382 e. The van der Waals surface area contributed by atoms with E-state index in [0.29, 0.717) is 25.8 Å². The fourth-order valence-electron chi connectivity index (χ4n) is 3.16. The Hall–Kier alpha value is -0.890. The summed E-state index contributed by atoms with van der Waals surface area (Å²) in [5.74, 6) is 0.863. The van der Waals surface area contributed by atoms with Crippen molar-refractivity contribution in [1.82, 2.24) is 15.5 Å². The molecule has 7 heteroatoms. The standard InChI is InChI=1S/C17H34N4O3/c1-3-18-17(19-7-5-9-23-11-10-22-2)20-12-16-13-21-8-4-6-15(21)14-24-16/h15-16H,3-14H2,1-2H3,(H2,18,19,20). The summed E-state index contributed by atoms with van der Waals surface area (Å²) < 4.78 is 16.4. The van der Waals surface area contributed by atoms with Crippen molar-refractivity contribution >= 4 is 5.96 Å². The van der Waals surface area contributed by atoms with Crippen LogP contribution in [0.15, 0.2) is 4.99 Å². The molecule has 140 valence electrons. The van der Waals surface area contributed by atoms with Gasteiger partial charge in [0.15, 0.2) is 5.96 Å². The first kappa shape index (κ1) is 19.4. The lowest BCUT2D eigenvalue weighted by atomic mass is 10.2. The first-order chi connectivity index (χ1) is 11.8. The molecule has 2 aliphatic heterocycles. The molecule has 0 amide bonds. The number of nitrogens with zero attached hydrogens (tertiary/aromatic N) is 2. The van der Waals surface area contributed by atoms with Gasteiger partial charge in [0.1, 0.15) is 0 Å². The van der Waals surface area contributed by atoms with E-state index in [1.54, 1.807) is 7.11 Å². The lowest BCUT2D eigenvalue weighted by Crippen LogP contribution is -2.47. The lowest BCUT2D eigenvalue weighted by molar-refractivity contribution is -0.0432. The molecule has 0 saturated carbocycles. The zero-order valence-corrected chi connectivity index (χ0v) is 15.3. The number of morpholine rings is 1. The second kappa shape index (κ2) is 11.6. The minimum absolute atomic E-state index is 0.215. The first-order valence-corrected chi connectivity index (χ1v) is 9.28. The third kappa shape index (κ3) is 6.93. The molecule has 2 fully saturated rings. The van der Waals surface area contributed by atoms with Crippen LogP contribution in [0.2, 0.25) is 0 Å². The summed E-state index contributed by atoms with van der Waals surface area (Å²) in [5, 5.41) is 6.64. The van der Waals surface area contributed by atoms with E-state index >= 15 is 0 Å². The van der Waals surface area contributed by atoms with E-state index in [2.05, 4.69) is 27.4 Å². The normalized spacial score (nSPS) is 24.8. The molecule has 0 spiro atoms. The number of hydrogen-bond donors (Lipinski definition) is 2. The second-order valence-corrected chi connectivity index (χ2v) is 6.35. The predicted molar refractivity (Wildman–Crippen MR) is 95.6 cm³/mol. The Bertz CT molecular complexity index is 368. The van der Waals surface area contributed by atoms with Gasteiger partial charge >= 0.3 is 0 Å². The summed E-state index contributed by atoms with van der Waals surface area (Å²) in [6.45, 7) is 9.63. The molecule has 0 aromatic heterocycles. The van der Waals surface area contributed by atoms with Crippen LogP contribution in [-0.2, 0) is 14.2 Å². The van der Waals surface area contributed by atoms with Crippen molar-refractivity contribution in [3.63, 3.8) is 0 Å². The van der Waals surface area contributed by atoms with Crippen LogP contribution in [0.3, 0.4) is 0 Å². The molecule has 2 N–H and O–H groups in total. The van der Waals surface area contributed by atoms with Gasteiger partial charge in [-0.05, 0) is 32.7 Å². The summed E-state index contributed by atoms with van der Waals surface area (Å²) in [5.41, 5.74) is 0. The number of methoxy groups -OCH3 is 1. The Labute approximate surface area is 146 Å². The third-order valence-electron chi connectivity index (χ3n) is 4.45. The number of fused-ring (bicyclic) bond motifs is 1.